The van der Waals surface area contributed by atoms with Gasteiger partial charge >= 0.3 is 0 Å². The summed E-state index contributed by atoms with van der Waals surface area (Å²) in [5.41, 5.74) is 3.21. The van der Waals surface area contributed by atoms with Crippen LogP contribution in [0.25, 0.3) is 0 Å². The molecule has 4 nitrogen and oxygen atoms in total. The molecule has 0 fully saturated rings. The number of nitrogens with one attached hydrogen (secondary N) is 1. The molecule has 0 spiro atoms. The molecule has 0 radical (unpaired) electrons. The van der Waals surface area contributed by atoms with Gasteiger partial charge in [0, 0.05) is 31.1 Å². The van der Waals surface area contributed by atoms with Gasteiger partial charge in [-0.1, -0.05) is 32.9 Å². The molecule has 0 bridgehead atoms. The predicted molar refractivity (Wildman–Crippen MR) is 115 cm³/mol. The number of nitrogens with zero attached hydrogens (tertiary/aromatic N) is 1. The highest BCUT2D eigenvalue weighted by Crippen LogP contribution is 2.40. The van der Waals surface area contributed by atoms with E-state index in [2.05, 4.69) is 32.2 Å². The van der Waals surface area contributed by atoms with E-state index in [0.29, 0.717) is 23.4 Å². The molecular formula is C23H30N2O2S. The standard InChI is InChI=1S/C23H30N2O2S/c1-23(2,3)18-9-10-19-17(12-18)13-20(28-19)21(26)24-14-15-7-6-8-16(11-15)22(27)25(4)5/h6-8,11,13,18H,9-10,12,14H2,1-5H3,(H,24,26). The van der Waals surface area contributed by atoms with Crippen molar-refractivity contribution in [2.45, 2.75) is 46.6 Å². The molecule has 2 aromatic rings. The molecule has 1 atom stereocenters. The Labute approximate surface area is 172 Å². The van der Waals surface area contributed by atoms with Crippen molar-refractivity contribution in [3.8, 4) is 0 Å². The first-order valence-corrected chi connectivity index (χ1v) is 10.7. The summed E-state index contributed by atoms with van der Waals surface area (Å²) in [6, 6.07) is 9.51. The number of amides is 2. The molecule has 1 aromatic carbocycles. The quantitative estimate of drug-likeness (QED) is 0.822. The van der Waals surface area contributed by atoms with E-state index >= 15 is 0 Å². The van der Waals surface area contributed by atoms with Crippen LogP contribution in [0.15, 0.2) is 30.3 Å². The molecule has 1 aliphatic rings. The molecule has 1 heterocycles. The van der Waals surface area contributed by atoms with Crippen LogP contribution in [-0.2, 0) is 19.4 Å². The van der Waals surface area contributed by atoms with Crippen LogP contribution in [-0.4, -0.2) is 30.8 Å². The average molecular weight is 399 g/mol. The van der Waals surface area contributed by atoms with Crippen molar-refractivity contribution in [1.82, 2.24) is 10.2 Å². The summed E-state index contributed by atoms with van der Waals surface area (Å²) < 4.78 is 0. The maximum absolute atomic E-state index is 12.7. The van der Waals surface area contributed by atoms with Crippen LogP contribution in [0.1, 0.15) is 63.2 Å². The lowest BCUT2D eigenvalue weighted by Gasteiger charge is -2.33. The second-order valence-electron chi connectivity index (χ2n) is 8.95. The molecule has 1 aliphatic carbocycles. The Bertz CT molecular complexity index is 877. The summed E-state index contributed by atoms with van der Waals surface area (Å²) in [4.78, 5) is 28.5. The first-order chi connectivity index (χ1) is 13.1. The van der Waals surface area contributed by atoms with Crippen molar-refractivity contribution in [2.75, 3.05) is 14.1 Å². The van der Waals surface area contributed by atoms with Crippen LogP contribution >= 0.6 is 11.3 Å². The van der Waals surface area contributed by atoms with E-state index in [1.54, 1.807) is 36.4 Å². The fourth-order valence-corrected chi connectivity index (χ4v) is 4.84. The third-order valence-corrected chi connectivity index (χ3v) is 6.80. The van der Waals surface area contributed by atoms with Gasteiger partial charge in [0.15, 0.2) is 0 Å². The second kappa shape index (κ2) is 8.08. The smallest absolute Gasteiger partial charge is 0.261 e. The number of aryl methyl sites for hydroxylation is 1. The van der Waals surface area contributed by atoms with E-state index in [1.165, 1.54) is 16.9 Å². The third-order valence-electron chi connectivity index (χ3n) is 5.56. The van der Waals surface area contributed by atoms with Gasteiger partial charge in [-0.15, -0.1) is 11.3 Å². The number of rotatable bonds is 4. The zero-order valence-electron chi connectivity index (χ0n) is 17.5. The Kier molecular flexibility index (Phi) is 5.94. The first kappa shape index (κ1) is 20.6. The fourth-order valence-electron chi connectivity index (χ4n) is 3.72. The maximum Gasteiger partial charge on any atom is 0.261 e. The van der Waals surface area contributed by atoms with Gasteiger partial charge in [0.2, 0.25) is 0 Å². The molecule has 3 rings (SSSR count). The monoisotopic (exact) mass is 398 g/mol. The minimum atomic E-state index is -0.0347. The third kappa shape index (κ3) is 4.64. The van der Waals surface area contributed by atoms with E-state index in [9.17, 15) is 9.59 Å². The topological polar surface area (TPSA) is 49.4 Å². The van der Waals surface area contributed by atoms with Crippen LogP contribution in [0.3, 0.4) is 0 Å². The Morgan fingerprint density at radius 1 is 1.21 bits per heavy atom. The summed E-state index contributed by atoms with van der Waals surface area (Å²) in [7, 11) is 3.47. The number of benzene rings is 1. The first-order valence-electron chi connectivity index (χ1n) is 9.85. The summed E-state index contributed by atoms with van der Waals surface area (Å²) in [5, 5.41) is 3.01. The Hall–Kier alpha value is -2.14. The van der Waals surface area contributed by atoms with Gasteiger partial charge < -0.3 is 10.2 Å². The second-order valence-corrected chi connectivity index (χ2v) is 10.1. The number of carbonyl (C=O) groups is 2. The lowest BCUT2D eigenvalue weighted by atomic mass is 9.72. The minimum Gasteiger partial charge on any atom is -0.347 e. The number of thiophene rings is 1. The lowest BCUT2D eigenvalue weighted by molar-refractivity contribution is 0.0827. The number of hydrogen-bond acceptors (Lipinski definition) is 3. The molecular weight excluding hydrogens is 368 g/mol. The molecule has 1 N–H and O–H groups in total. The van der Waals surface area contributed by atoms with Gasteiger partial charge in [0.1, 0.15) is 0 Å². The van der Waals surface area contributed by atoms with E-state index in [1.807, 2.05) is 18.2 Å². The van der Waals surface area contributed by atoms with Crippen LogP contribution in [0.5, 0.6) is 0 Å². The normalized spacial score (nSPS) is 16.4. The Morgan fingerprint density at radius 2 is 1.96 bits per heavy atom. The van der Waals surface area contributed by atoms with E-state index in [0.717, 1.165) is 23.3 Å². The summed E-state index contributed by atoms with van der Waals surface area (Å²) in [6.07, 6.45) is 3.34. The van der Waals surface area contributed by atoms with Gasteiger partial charge in [-0.3, -0.25) is 9.59 Å². The van der Waals surface area contributed by atoms with Gasteiger partial charge in [-0.05, 0) is 59.9 Å². The highest BCUT2D eigenvalue weighted by molar-refractivity contribution is 7.14. The highest BCUT2D eigenvalue weighted by Gasteiger charge is 2.30. The molecule has 150 valence electrons. The number of carbonyl (C=O) groups excluding carboxylic acids is 2. The van der Waals surface area contributed by atoms with Gasteiger partial charge in [-0.25, -0.2) is 0 Å². The van der Waals surface area contributed by atoms with Crippen molar-refractivity contribution in [1.29, 1.82) is 0 Å². The Morgan fingerprint density at radius 3 is 2.64 bits per heavy atom. The molecule has 1 aromatic heterocycles. The van der Waals surface area contributed by atoms with Crippen molar-refractivity contribution < 1.29 is 9.59 Å². The summed E-state index contributed by atoms with van der Waals surface area (Å²) in [5.74, 6) is 0.603. The predicted octanol–water partition coefficient (Wildman–Crippen LogP) is 4.53. The largest absolute Gasteiger partial charge is 0.347 e. The van der Waals surface area contributed by atoms with E-state index in [4.69, 9.17) is 0 Å². The number of fused-ring (bicyclic) bond motifs is 1. The van der Waals surface area contributed by atoms with Crippen LogP contribution in [0, 0.1) is 11.3 Å². The molecule has 5 heteroatoms. The summed E-state index contributed by atoms with van der Waals surface area (Å²) in [6.45, 7) is 7.33. The Balaban J connectivity index is 1.65. The van der Waals surface area contributed by atoms with Crippen molar-refractivity contribution >= 4 is 23.2 Å². The lowest BCUT2D eigenvalue weighted by Crippen LogP contribution is -2.26. The van der Waals surface area contributed by atoms with Crippen molar-refractivity contribution in [3.05, 3.63) is 56.8 Å². The van der Waals surface area contributed by atoms with Gasteiger partial charge in [-0.2, -0.15) is 0 Å². The van der Waals surface area contributed by atoms with Crippen LogP contribution in [0.4, 0.5) is 0 Å². The highest BCUT2D eigenvalue weighted by atomic mass is 32.1. The van der Waals surface area contributed by atoms with Crippen molar-refractivity contribution in [3.63, 3.8) is 0 Å². The zero-order chi connectivity index (χ0) is 20.5. The molecule has 28 heavy (non-hydrogen) atoms. The summed E-state index contributed by atoms with van der Waals surface area (Å²) >= 11 is 1.63. The van der Waals surface area contributed by atoms with Gasteiger partial charge in [0.25, 0.3) is 11.8 Å². The SMILES string of the molecule is CN(C)C(=O)c1cccc(CNC(=O)c2cc3c(s2)CCC(C(C)(C)C)C3)c1. The van der Waals surface area contributed by atoms with Crippen LogP contribution < -0.4 is 5.32 Å². The van der Waals surface area contributed by atoms with Crippen LogP contribution in [0.2, 0.25) is 0 Å². The molecule has 0 aliphatic heterocycles. The number of hydrogen-bond donors (Lipinski definition) is 1. The van der Waals surface area contributed by atoms with Crippen molar-refractivity contribution in [2.24, 2.45) is 11.3 Å². The molecule has 1 unspecified atom stereocenters. The van der Waals surface area contributed by atoms with E-state index < -0.39 is 0 Å². The van der Waals surface area contributed by atoms with Gasteiger partial charge in [0.05, 0.1) is 4.88 Å². The fraction of sp³-hybridized carbons (Fsp3) is 0.478. The molecule has 0 saturated carbocycles. The maximum atomic E-state index is 12.7. The zero-order valence-corrected chi connectivity index (χ0v) is 18.3. The molecule has 0 saturated heterocycles. The van der Waals surface area contributed by atoms with E-state index in [-0.39, 0.29) is 11.8 Å². The average Bonchev–Trinajstić information content (AvgIpc) is 3.08. The molecule has 2 amide bonds. The minimum absolute atomic E-state index is 0.0314.